The monoisotopic (exact) mass is 477 g/mol. The highest BCUT2D eigenvalue weighted by Crippen LogP contribution is 2.36. The van der Waals surface area contributed by atoms with E-state index in [1.54, 1.807) is 28.8 Å². The summed E-state index contributed by atoms with van der Waals surface area (Å²) >= 11 is 0. The van der Waals surface area contributed by atoms with Gasteiger partial charge in [-0.25, -0.2) is 4.98 Å². The predicted octanol–water partition coefficient (Wildman–Crippen LogP) is 6.05. The minimum atomic E-state index is -4.97. The molecule has 4 nitrogen and oxygen atoms in total. The van der Waals surface area contributed by atoms with Gasteiger partial charge in [-0.1, -0.05) is 42.5 Å². The molecule has 0 unspecified atom stereocenters. The van der Waals surface area contributed by atoms with Crippen LogP contribution in [-0.2, 0) is 25.4 Å². The van der Waals surface area contributed by atoms with Gasteiger partial charge in [-0.3, -0.25) is 4.79 Å². The van der Waals surface area contributed by atoms with Crippen molar-refractivity contribution in [1.29, 1.82) is 0 Å². The lowest BCUT2D eigenvalue weighted by Gasteiger charge is -2.15. The number of hydrogen-bond donors (Lipinski definition) is 1. The van der Waals surface area contributed by atoms with E-state index in [9.17, 15) is 31.1 Å². The number of para-hydroxylation sites is 2. The summed E-state index contributed by atoms with van der Waals surface area (Å²) in [6, 6.07) is 17.4. The highest BCUT2D eigenvalue weighted by atomic mass is 19.4. The van der Waals surface area contributed by atoms with E-state index in [0.29, 0.717) is 29.7 Å². The topological polar surface area (TPSA) is 46.9 Å². The predicted molar refractivity (Wildman–Crippen MR) is 113 cm³/mol. The second kappa shape index (κ2) is 8.85. The van der Waals surface area contributed by atoms with Crippen LogP contribution in [0.4, 0.5) is 26.3 Å². The van der Waals surface area contributed by atoms with E-state index in [1.165, 1.54) is 0 Å². The molecule has 0 radical (unpaired) electrons. The maximum absolute atomic E-state index is 13.1. The van der Waals surface area contributed by atoms with Crippen molar-refractivity contribution in [3.8, 4) is 0 Å². The molecule has 0 saturated heterocycles. The SMILES string of the molecule is O=C(NCc1cc(C(F)(F)F)cc(C(F)(F)F)c1)c1nc2ccccc2n1Cc1ccccc1. The molecule has 0 aliphatic carbocycles. The molecular weight excluding hydrogens is 460 g/mol. The van der Waals surface area contributed by atoms with Crippen LogP contribution < -0.4 is 5.32 Å². The molecule has 0 aliphatic heterocycles. The van der Waals surface area contributed by atoms with Gasteiger partial charge in [0.05, 0.1) is 22.2 Å². The van der Waals surface area contributed by atoms with Crippen LogP contribution in [0.3, 0.4) is 0 Å². The van der Waals surface area contributed by atoms with Gasteiger partial charge in [0.25, 0.3) is 5.91 Å². The number of hydrogen-bond acceptors (Lipinski definition) is 2. The number of aromatic nitrogens is 2. The number of carbonyl (C=O) groups is 1. The molecule has 4 rings (SSSR count). The average Bonchev–Trinajstić information content (AvgIpc) is 3.15. The molecule has 4 aromatic rings. The molecule has 0 atom stereocenters. The number of fused-ring (bicyclic) bond motifs is 1. The highest BCUT2D eigenvalue weighted by Gasteiger charge is 2.36. The fourth-order valence-corrected chi connectivity index (χ4v) is 3.56. The van der Waals surface area contributed by atoms with Gasteiger partial charge in [0.2, 0.25) is 0 Å². The minimum absolute atomic E-state index is 0.00641. The quantitative estimate of drug-likeness (QED) is 0.356. The molecule has 176 valence electrons. The Balaban J connectivity index is 1.64. The minimum Gasteiger partial charge on any atom is -0.345 e. The summed E-state index contributed by atoms with van der Waals surface area (Å²) in [5.41, 5.74) is -1.14. The van der Waals surface area contributed by atoms with E-state index in [1.807, 2.05) is 30.3 Å². The summed E-state index contributed by atoms with van der Waals surface area (Å²) in [7, 11) is 0. The van der Waals surface area contributed by atoms with E-state index in [4.69, 9.17) is 0 Å². The normalized spacial score (nSPS) is 12.2. The molecule has 3 aromatic carbocycles. The number of carbonyl (C=O) groups excluding carboxylic acids is 1. The zero-order valence-corrected chi connectivity index (χ0v) is 17.4. The third-order valence-electron chi connectivity index (χ3n) is 5.14. The lowest BCUT2D eigenvalue weighted by atomic mass is 10.0. The number of imidazole rings is 1. The Hall–Kier alpha value is -3.82. The molecule has 0 aliphatic rings. The van der Waals surface area contributed by atoms with E-state index in [-0.39, 0.29) is 17.5 Å². The van der Waals surface area contributed by atoms with Crippen molar-refractivity contribution >= 4 is 16.9 Å². The van der Waals surface area contributed by atoms with Crippen LogP contribution in [0.1, 0.15) is 32.9 Å². The molecule has 0 fully saturated rings. The molecule has 1 amide bonds. The molecule has 1 heterocycles. The highest BCUT2D eigenvalue weighted by molar-refractivity contribution is 5.94. The first-order valence-electron chi connectivity index (χ1n) is 10.1. The summed E-state index contributed by atoms with van der Waals surface area (Å²) in [4.78, 5) is 17.2. The smallest absolute Gasteiger partial charge is 0.345 e. The summed E-state index contributed by atoms with van der Waals surface area (Å²) in [5, 5.41) is 2.40. The van der Waals surface area contributed by atoms with Gasteiger partial charge in [-0.05, 0) is 41.5 Å². The molecule has 0 saturated carbocycles. The van der Waals surface area contributed by atoms with Gasteiger partial charge in [0.1, 0.15) is 0 Å². The number of nitrogens with one attached hydrogen (secondary N) is 1. The maximum atomic E-state index is 13.1. The van der Waals surface area contributed by atoms with Crippen molar-refractivity contribution in [2.24, 2.45) is 0 Å². The first-order chi connectivity index (χ1) is 16.0. The Labute approximate surface area is 189 Å². The number of rotatable bonds is 5. The van der Waals surface area contributed by atoms with E-state index >= 15 is 0 Å². The van der Waals surface area contributed by atoms with Crippen LogP contribution in [0.25, 0.3) is 11.0 Å². The first-order valence-corrected chi connectivity index (χ1v) is 10.1. The Kier molecular flexibility index (Phi) is 6.07. The standard InChI is InChI=1S/C24H17F6N3O/c25-23(26,27)17-10-16(11-18(12-17)24(28,29)30)13-31-22(34)21-32-19-8-4-5-9-20(19)33(21)14-15-6-2-1-3-7-15/h1-12H,13-14H2,(H,31,34). The summed E-state index contributed by atoms with van der Waals surface area (Å²) < 4.78 is 80.3. The van der Waals surface area contributed by atoms with Crippen LogP contribution in [-0.4, -0.2) is 15.5 Å². The third-order valence-corrected chi connectivity index (χ3v) is 5.14. The molecule has 34 heavy (non-hydrogen) atoms. The molecule has 0 bridgehead atoms. The van der Waals surface area contributed by atoms with Gasteiger partial charge in [0.15, 0.2) is 5.82 Å². The largest absolute Gasteiger partial charge is 0.416 e. The fourth-order valence-electron chi connectivity index (χ4n) is 3.56. The van der Waals surface area contributed by atoms with E-state index < -0.39 is 35.9 Å². The third kappa shape index (κ3) is 5.05. The van der Waals surface area contributed by atoms with Gasteiger partial charge in [0, 0.05) is 13.1 Å². The van der Waals surface area contributed by atoms with Crippen molar-refractivity contribution in [3.05, 3.63) is 101 Å². The molecule has 0 spiro atoms. The fraction of sp³-hybridized carbons (Fsp3) is 0.167. The number of amides is 1. The summed E-state index contributed by atoms with van der Waals surface area (Å²) in [6.07, 6.45) is -9.94. The Morgan fingerprint density at radius 2 is 1.38 bits per heavy atom. The van der Waals surface area contributed by atoms with Crippen molar-refractivity contribution in [2.45, 2.75) is 25.4 Å². The van der Waals surface area contributed by atoms with Gasteiger partial charge in [-0.2, -0.15) is 26.3 Å². The maximum Gasteiger partial charge on any atom is 0.416 e. The second-order valence-corrected chi connectivity index (χ2v) is 7.59. The Bertz CT molecular complexity index is 1290. The van der Waals surface area contributed by atoms with Crippen molar-refractivity contribution in [2.75, 3.05) is 0 Å². The zero-order valence-electron chi connectivity index (χ0n) is 17.4. The van der Waals surface area contributed by atoms with Crippen LogP contribution in [0, 0.1) is 0 Å². The molecule has 1 aromatic heterocycles. The molecule has 1 N–H and O–H groups in total. The molecular formula is C24H17F6N3O. The Morgan fingerprint density at radius 1 is 0.794 bits per heavy atom. The van der Waals surface area contributed by atoms with Crippen LogP contribution in [0.15, 0.2) is 72.8 Å². The lowest BCUT2D eigenvalue weighted by Crippen LogP contribution is -2.27. The van der Waals surface area contributed by atoms with Crippen LogP contribution >= 0.6 is 0 Å². The molecule has 10 heteroatoms. The van der Waals surface area contributed by atoms with Gasteiger partial charge >= 0.3 is 12.4 Å². The Morgan fingerprint density at radius 3 is 2.00 bits per heavy atom. The summed E-state index contributed by atoms with van der Waals surface area (Å²) in [6.45, 7) is -0.244. The van der Waals surface area contributed by atoms with Crippen LogP contribution in [0.2, 0.25) is 0 Å². The van der Waals surface area contributed by atoms with E-state index in [0.717, 1.165) is 5.56 Å². The number of halogens is 6. The average molecular weight is 477 g/mol. The second-order valence-electron chi connectivity index (χ2n) is 7.59. The van der Waals surface area contributed by atoms with E-state index in [2.05, 4.69) is 10.3 Å². The zero-order chi connectivity index (χ0) is 24.5. The lowest BCUT2D eigenvalue weighted by molar-refractivity contribution is -0.143. The number of benzene rings is 3. The van der Waals surface area contributed by atoms with Crippen molar-refractivity contribution in [3.63, 3.8) is 0 Å². The van der Waals surface area contributed by atoms with Crippen molar-refractivity contribution in [1.82, 2.24) is 14.9 Å². The van der Waals surface area contributed by atoms with Gasteiger partial charge < -0.3 is 9.88 Å². The number of nitrogens with zero attached hydrogens (tertiary/aromatic N) is 2. The van der Waals surface area contributed by atoms with Crippen molar-refractivity contribution < 1.29 is 31.1 Å². The first kappa shape index (κ1) is 23.3. The number of alkyl halides is 6. The van der Waals surface area contributed by atoms with Crippen LogP contribution in [0.5, 0.6) is 0 Å². The van der Waals surface area contributed by atoms with Gasteiger partial charge in [-0.15, -0.1) is 0 Å². The summed E-state index contributed by atoms with van der Waals surface area (Å²) in [5.74, 6) is -0.730.